The number of hydrogen-bond acceptors (Lipinski definition) is 10. The van der Waals surface area contributed by atoms with E-state index in [-0.39, 0.29) is 17.4 Å². The quantitative estimate of drug-likeness (QED) is 0.342. The molecule has 11 heteroatoms. The van der Waals surface area contributed by atoms with Crippen LogP contribution in [0.4, 0.5) is 27.5 Å². The van der Waals surface area contributed by atoms with Gasteiger partial charge in [0.25, 0.3) is 0 Å². The third-order valence-corrected chi connectivity index (χ3v) is 7.41. The van der Waals surface area contributed by atoms with E-state index in [9.17, 15) is 4.39 Å². The summed E-state index contributed by atoms with van der Waals surface area (Å²) in [5.41, 5.74) is 9.54. The highest BCUT2D eigenvalue weighted by atomic mass is 19.1. The van der Waals surface area contributed by atoms with Crippen LogP contribution in [-0.4, -0.2) is 72.5 Å². The molecule has 0 aliphatic carbocycles. The second-order valence-corrected chi connectivity index (χ2v) is 10.1. The molecule has 0 amide bonds. The summed E-state index contributed by atoms with van der Waals surface area (Å²) in [4.78, 5) is 22.8. The van der Waals surface area contributed by atoms with Gasteiger partial charge < -0.3 is 30.3 Å². The van der Waals surface area contributed by atoms with Gasteiger partial charge in [-0.15, -0.1) is 0 Å². The monoisotopic (exact) mass is 556 g/mol. The molecule has 1 aromatic carbocycles. The van der Waals surface area contributed by atoms with Gasteiger partial charge in [0, 0.05) is 73.7 Å². The van der Waals surface area contributed by atoms with Crippen LogP contribution in [0.5, 0.6) is 5.75 Å². The van der Waals surface area contributed by atoms with Gasteiger partial charge in [-0.05, 0) is 43.2 Å². The third-order valence-electron chi connectivity index (χ3n) is 7.41. The Labute approximate surface area is 238 Å². The van der Waals surface area contributed by atoms with E-state index < -0.39 is 5.82 Å². The lowest BCUT2D eigenvalue weighted by Crippen LogP contribution is -2.43. The van der Waals surface area contributed by atoms with Crippen LogP contribution in [0.1, 0.15) is 12.8 Å². The van der Waals surface area contributed by atoms with Crippen molar-refractivity contribution in [1.82, 2.24) is 19.9 Å². The maximum Gasteiger partial charge on any atom is 0.168 e. The molecule has 10 nitrogen and oxygen atoms in total. The number of anilines is 4. The van der Waals surface area contributed by atoms with Gasteiger partial charge in [-0.3, -0.25) is 0 Å². The predicted molar refractivity (Wildman–Crippen MR) is 157 cm³/mol. The van der Waals surface area contributed by atoms with Gasteiger partial charge in [0.15, 0.2) is 5.82 Å². The van der Waals surface area contributed by atoms with Crippen molar-refractivity contribution in [3.8, 4) is 28.3 Å². The van der Waals surface area contributed by atoms with Gasteiger partial charge in [0.2, 0.25) is 0 Å². The maximum absolute atomic E-state index is 14.7. The van der Waals surface area contributed by atoms with Gasteiger partial charge in [0.05, 0.1) is 25.9 Å². The zero-order chi connectivity index (χ0) is 28.2. The average molecular weight is 557 g/mol. The highest BCUT2D eigenvalue weighted by molar-refractivity contribution is 5.81. The Balaban J connectivity index is 1.31. The number of methoxy groups -OCH3 is 1. The molecule has 212 valence electrons. The van der Waals surface area contributed by atoms with Crippen molar-refractivity contribution in [2.75, 3.05) is 61.6 Å². The van der Waals surface area contributed by atoms with Gasteiger partial charge >= 0.3 is 0 Å². The van der Waals surface area contributed by atoms with Crippen LogP contribution in [0, 0.1) is 5.82 Å². The highest BCUT2D eigenvalue weighted by Gasteiger charge is 2.22. The van der Waals surface area contributed by atoms with Gasteiger partial charge in [-0.25, -0.2) is 24.3 Å². The molecule has 3 aromatic heterocycles. The van der Waals surface area contributed by atoms with E-state index in [0.717, 1.165) is 61.7 Å². The molecule has 2 saturated heterocycles. The lowest BCUT2D eigenvalue weighted by Gasteiger charge is -2.34. The van der Waals surface area contributed by atoms with Crippen LogP contribution in [-0.2, 0) is 4.74 Å². The molecule has 6 rings (SSSR count). The molecule has 0 spiro atoms. The summed E-state index contributed by atoms with van der Waals surface area (Å²) >= 11 is 0. The Bertz CT molecular complexity index is 1500. The van der Waals surface area contributed by atoms with Gasteiger partial charge in [0.1, 0.15) is 29.0 Å². The minimum atomic E-state index is -0.457. The SMILES string of the molecule is COc1cccc(F)c1-c1nccc(Nc2cc(N3CCC[C@H](N)C3)c(-c3ccc(N4CCOCC4)nc3)cn2)n1. The molecule has 2 fully saturated rings. The zero-order valence-electron chi connectivity index (χ0n) is 23.0. The molecule has 2 aliphatic rings. The summed E-state index contributed by atoms with van der Waals surface area (Å²) in [5.74, 6) is 2.15. The standard InChI is InChI=1S/C30H33FN8O2/c1-40-25-6-2-5-23(31)29(25)30-33-10-9-26(37-30)36-27-16-24(39-11-3-4-21(32)19-39)22(18-34-27)20-7-8-28(35-17-20)38-12-14-41-15-13-38/h2,5-10,16-18,21H,3-4,11-15,19,32H2,1H3,(H,33,34,36,37)/t21-/m0/s1. The lowest BCUT2D eigenvalue weighted by atomic mass is 10.0. The van der Waals surface area contributed by atoms with Crippen molar-refractivity contribution in [2.45, 2.75) is 18.9 Å². The molecule has 5 heterocycles. The fourth-order valence-electron chi connectivity index (χ4n) is 5.32. The Morgan fingerprint density at radius 3 is 2.66 bits per heavy atom. The number of pyridine rings is 2. The number of morpholine rings is 1. The summed E-state index contributed by atoms with van der Waals surface area (Å²) in [6.45, 7) is 4.74. The number of hydrogen-bond donors (Lipinski definition) is 2. The normalized spacial score (nSPS) is 17.4. The topological polar surface area (TPSA) is 115 Å². The first-order valence-electron chi connectivity index (χ1n) is 13.8. The Kier molecular flexibility index (Phi) is 7.88. The Morgan fingerprint density at radius 2 is 1.88 bits per heavy atom. The number of nitrogens with zero attached hydrogens (tertiary/aromatic N) is 6. The van der Waals surface area contributed by atoms with Crippen molar-refractivity contribution in [3.05, 3.63) is 66.9 Å². The average Bonchev–Trinajstić information content (AvgIpc) is 3.01. The van der Waals surface area contributed by atoms with Crippen molar-refractivity contribution >= 4 is 23.1 Å². The molecule has 4 aromatic rings. The number of piperidine rings is 1. The van der Waals surface area contributed by atoms with E-state index in [1.807, 2.05) is 18.5 Å². The smallest absolute Gasteiger partial charge is 0.168 e. The van der Waals surface area contributed by atoms with E-state index in [2.05, 4.69) is 37.2 Å². The minimum absolute atomic E-state index is 0.100. The van der Waals surface area contributed by atoms with Crippen LogP contribution in [0.2, 0.25) is 0 Å². The van der Waals surface area contributed by atoms with Gasteiger partial charge in [-0.1, -0.05) is 6.07 Å². The third kappa shape index (κ3) is 5.91. The van der Waals surface area contributed by atoms with Crippen molar-refractivity contribution in [2.24, 2.45) is 5.73 Å². The molecular formula is C30H33FN8O2. The second-order valence-electron chi connectivity index (χ2n) is 10.1. The van der Waals surface area contributed by atoms with Crippen LogP contribution < -0.4 is 25.6 Å². The van der Waals surface area contributed by atoms with E-state index >= 15 is 0 Å². The van der Waals surface area contributed by atoms with Crippen molar-refractivity contribution in [1.29, 1.82) is 0 Å². The van der Waals surface area contributed by atoms with Crippen LogP contribution in [0.25, 0.3) is 22.5 Å². The predicted octanol–water partition coefficient (Wildman–Crippen LogP) is 4.26. The maximum atomic E-state index is 14.7. The number of benzene rings is 1. The van der Waals surface area contributed by atoms with Crippen LogP contribution >= 0.6 is 0 Å². The fourth-order valence-corrected chi connectivity index (χ4v) is 5.32. The molecule has 3 N–H and O–H groups in total. The lowest BCUT2D eigenvalue weighted by molar-refractivity contribution is 0.122. The number of rotatable bonds is 7. The summed E-state index contributed by atoms with van der Waals surface area (Å²) in [5, 5.41) is 3.27. The Hall–Kier alpha value is -4.35. The van der Waals surface area contributed by atoms with E-state index in [0.29, 0.717) is 30.6 Å². The summed E-state index contributed by atoms with van der Waals surface area (Å²) < 4.78 is 25.5. The molecular weight excluding hydrogens is 523 g/mol. The van der Waals surface area contributed by atoms with E-state index in [4.69, 9.17) is 25.2 Å². The molecule has 2 aliphatic heterocycles. The Morgan fingerprint density at radius 1 is 1.00 bits per heavy atom. The fraction of sp³-hybridized carbons (Fsp3) is 0.333. The minimum Gasteiger partial charge on any atom is -0.496 e. The first kappa shape index (κ1) is 26.9. The summed E-state index contributed by atoms with van der Waals surface area (Å²) in [6.07, 6.45) is 7.35. The number of aromatic nitrogens is 4. The van der Waals surface area contributed by atoms with Crippen molar-refractivity contribution in [3.63, 3.8) is 0 Å². The largest absolute Gasteiger partial charge is 0.496 e. The van der Waals surface area contributed by atoms with E-state index in [1.54, 1.807) is 24.4 Å². The molecule has 0 radical (unpaired) electrons. The summed E-state index contributed by atoms with van der Waals surface area (Å²) in [6, 6.07) is 12.6. The first-order valence-corrected chi connectivity index (χ1v) is 13.8. The summed E-state index contributed by atoms with van der Waals surface area (Å²) in [7, 11) is 1.49. The highest BCUT2D eigenvalue weighted by Crippen LogP contribution is 2.35. The molecule has 1 atom stereocenters. The van der Waals surface area contributed by atoms with E-state index in [1.165, 1.54) is 13.2 Å². The molecule has 0 saturated carbocycles. The first-order chi connectivity index (χ1) is 20.1. The number of halogens is 1. The van der Waals surface area contributed by atoms with Crippen LogP contribution in [0.3, 0.4) is 0 Å². The van der Waals surface area contributed by atoms with Gasteiger partial charge in [-0.2, -0.15) is 0 Å². The number of nitrogens with two attached hydrogens (primary N) is 1. The number of ether oxygens (including phenoxy) is 2. The molecule has 0 unspecified atom stereocenters. The molecule has 0 bridgehead atoms. The van der Waals surface area contributed by atoms with Crippen molar-refractivity contribution < 1.29 is 13.9 Å². The van der Waals surface area contributed by atoms with Crippen LogP contribution in [0.15, 0.2) is 61.1 Å². The zero-order valence-corrected chi connectivity index (χ0v) is 23.0. The number of nitrogens with one attached hydrogen (secondary N) is 1. The molecule has 41 heavy (non-hydrogen) atoms. The second kappa shape index (κ2) is 12.0.